The maximum atomic E-state index is 10.8. The van der Waals surface area contributed by atoms with Crippen molar-refractivity contribution in [2.45, 2.75) is 39.2 Å². The molecule has 0 spiro atoms. The molecule has 1 rings (SSSR count). The van der Waals surface area contributed by atoms with Crippen molar-refractivity contribution in [2.75, 3.05) is 0 Å². The number of para-hydroxylation sites is 1. The molecule has 1 aromatic rings. The molecule has 0 radical (unpaired) electrons. The van der Waals surface area contributed by atoms with Gasteiger partial charge in [-0.15, -0.1) is 0 Å². The minimum atomic E-state index is -0.353. The predicted octanol–water partition coefficient (Wildman–Crippen LogP) is 2.93. The topological polar surface area (TPSA) is 63.4 Å². The van der Waals surface area contributed by atoms with E-state index < -0.39 is 0 Å². The van der Waals surface area contributed by atoms with E-state index in [1.165, 1.54) is 6.07 Å². The zero-order chi connectivity index (χ0) is 12.8. The van der Waals surface area contributed by atoms with Crippen LogP contribution in [0.1, 0.15) is 32.3 Å². The van der Waals surface area contributed by atoms with Crippen LogP contribution < -0.4 is 0 Å². The minimum Gasteiger partial charge on any atom is -0.393 e. The largest absolute Gasteiger partial charge is 0.393 e. The first-order chi connectivity index (χ1) is 8.02. The number of aryl methyl sites for hydroxylation is 1. The van der Waals surface area contributed by atoms with Crippen LogP contribution in [0.2, 0.25) is 0 Å². The summed E-state index contributed by atoms with van der Waals surface area (Å²) in [5.41, 5.74) is 0.917. The molecule has 0 aromatic heterocycles. The number of nitro groups is 1. The summed E-state index contributed by atoms with van der Waals surface area (Å²) < 4.78 is 0. The number of hydrogen-bond acceptors (Lipinski definition) is 3. The second-order valence-electron chi connectivity index (χ2n) is 4.59. The van der Waals surface area contributed by atoms with Crippen LogP contribution in [-0.4, -0.2) is 16.1 Å². The number of nitrogens with zero attached hydrogens (tertiary/aromatic N) is 1. The number of rotatable bonds is 6. The minimum absolute atomic E-state index is 0.173. The van der Waals surface area contributed by atoms with Gasteiger partial charge in [-0.1, -0.05) is 32.0 Å². The molecule has 0 amide bonds. The standard InChI is InChI=1S/C13H19NO3/c1-10(2)13(15)9-5-7-11-6-3-4-8-12(11)14(16)17/h3-4,6,8,10,13,15H,5,7,9H2,1-2H3. The van der Waals surface area contributed by atoms with E-state index in [-0.39, 0.29) is 22.6 Å². The summed E-state index contributed by atoms with van der Waals surface area (Å²) in [6.07, 6.45) is 1.77. The summed E-state index contributed by atoms with van der Waals surface area (Å²) in [5, 5.41) is 20.4. The first-order valence-corrected chi connectivity index (χ1v) is 5.92. The Morgan fingerprint density at radius 3 is 2.59 bits per heavy atom. The molecule has 0 heterocycles. The smallest absolute Gasteiger partial charge is 0.272 e. The molecule has 0 aliphatic heterocycles. The third kappa shape index (κ3) is 4.15. The Kier molecular flexibility index (Phi) is 5.10. The van der Waals surface area contributed by atoms with Gasteiger partial charge in [-0.2, -0.15) is 0 Å². The van der Waals surface area contributed by atoms with Gasteiger partial charge in [0, 0.05) is 11.6 Å². The molecule has 17 heavy (non-hydrogen) atoms. The summed E-state index contributed by atoms with van der Waals surface area (Å²) in [4.78, 5) is 10.4. The Bertz CT molecular complexity index is 377. The van der Waals surface area contributed by atoms with Gasteiger partial charge in [0.1, 0.15) is 0 Å². The van der Waals surface area contributed by atoms with Crippen molar-refractivity contribution < 1.29 is 10.0 Å². The van der Waals surface area contributed by atoms with Crippen molar-refractivity contribution in [1.82, 2.24) is 0 Å². The third-order valence-electron chi connectivity index (χ3n) is 2.90. The lowest BCUT2D eigenvalue weighted by molar-refractivity contribution is -0.385. The molecule has 0 saturated heterocycles. The predicted molar refractivity (Wildman–Crippen MR) is 66.9 cm³/mol. The van der Waals surface area contributed by atoms with Crippen molar-refractivity contribution in [3.05, 3.63) is 39.9 Å². The molecule has 1 aromatic carbocycles. The second-order valence-corrected chi connectivity index (χ2v) is 4.59. The Labute approximate surface area is 101 Å². The first kappa shape index (κ1) is 13.6. The van der Waals surface area contributed by atoms with Gasteiger partial charge < -0.3 is 5.11 Å². The number of aliphatic hydroxyl groups excluding tert-OH is 1. The van der Waals surface area contributed by atoms with Crippen molar-refractivity contribution in [2.24, 2.45) is 5.92 Å². The van der Waals surface area contributed by atoms with Gasteiger partial charge in [0.15, 0.2) is 0 Å². The molecule has 0 aliphatic rings. The normalized spacial score (nSPS) is 12.7. The van der Waals surface area contributed by atoms with Gasteiger partial charge >= 0.3 is 0 Å². The van der Waals surface area contributed by atoms with Gasteiger partial charge in [-0.05, 0) is 25.2 Å². The van der Waals surface area contributed by atoms with Crippen LogP contribution in [0.25, 0.3) is 0 Å². The van der Waals surface area contributed by atoms with Crippen molar-refractivity contribution in [3.63, 3.8) is 0 Å². The van der Waals surface area contributed by atoms with Crippen LogP contribution in [0.5, 0.6) is 0 Å². The number of nitro benzene ring substituents is 1. The Morgan fingerprint density at radius 2 is 2.00 bits per heavy atom. The van der Waals surface area contributed by atoms with E-state index in [0.717, 1.165) is 12.0 Å². The van der Waals surface area contributed by atoms with Gasteiger partial charge in [-0.3, -0.25) is 10.1 Å². The van der Waals surface area contributed by atoms with Gasteiger partial charge in [0.2, 0.25) is 0 Å². The fourth-order valence-electron chi connectivity index (χ4n) is 1.74. The van der Waals surface area contributed by atoms with E-state index in [2.05, 4.69) is 0 Å². The number of benzene rings is 1. The molecule has 4 nitrogen and oxygen atoms in total. The summed E-state index contributed by atoms with van der Waals surface area (Å²) >= 11 is 0. The van der Waals surface area contributed by atoms with E-state index in [1.54, 1.807) is 18.2 Å². The van der Waals surface area contributed by atoms with Crippen molar-refractivity contribution >= 4 is 5.69 Å². The highest BCUT2D eigenvalue weighted by molar-refractivity contribution is 5.39. The van der Waals surface area contributed by atoms with Gasteiger partial charge in [0.05, 0.1) is 11.0 Å². The van der Waals surface area contributed by atoms with Crippen molar-refractivity contribution in [3.8, 4) is 0 Å². The molecule has 0 saturated carbocycles. The second kappa shape index (κ2) is 6.35. The van der Waals surface area contributed by atoms with E-state index in [0.29, 0.717) is 12.8 Å². The Morgan fingerprint density at radius 1 is 1.35 bits per heavy atom. The molecule has 1 N–H and O–H groups in total. The summed E-state index contributed by atoms with van der Waals surface area (Å²) in [6, 6.07) is 6.78. The van der Waals surface area contributed by atoms with E-state index >= 15 is 0 Å². The lowest BCUT2D eigenvalue weighted by Crippen LogP contribution is -2.14. The quantitative estimate of drug-likeness (QED) is 0.611. The fraction of sp³-hybridized carbons (Fsp3) is 0.538. The van der Waals surface area contributed by atoms with Crippen LogP contribution >= 0.6 is 0 Å². The Hall–Kier alpha value is -1.42. The zero-order valence-electron chi connectivity index (χ0n) is 10.3. The molecule has 4 heteroatoms. The van der Waals surface area contributed by atoms with E-state index in [1.807, 2.05) is 13.8 Å². The fourth-order valence-corrected chi connectivity index (χ4v) is 1.74. The maximum Gasteiger partial charge on any atom is 0.272 e. The summed E-state index contributed by atoms with van der Waals surface area (Å²) in [6.45, 7) is 3.94. The van der Waals surface area contributed by atoms with Gasteiger partial charge in [0.25, 0.3) is 5.69 Å². The molecule has 0 aliphatic carbocycles. The van der Waals surface area contributed by atoms with Gasteiger partial charge in [-0.25, -0.2) is 0 Å². The van der Waals surface area contributed by atoms with Crippen LogP contribution in [-0.2, 0) is 6.42 Å². The number of hydrogen-bond donors (Lipinski definition) is 1. The first-order valence-electron chi connectivity index (χ1n) is 5.92. The van der Waals surface area contributed by atoms with Crippen LogP contribution in [0.3, 0.4) is 0 Å². The molecule has 0 fully saturated rings. The molecular weight excluding hydrogens is 218 g/mol. The number of aliphatic hydroxyl groups is 1. The third-order valence-corrected chi connectivity index (χ3v) is 2.90. The van der Waals surface area contributed by atoms with E-state index in [9.17, 15) is 15.2 Å². The lowest BCUT2D eigenvalue weighted by Gasteiger charge is -2.13. The summed E-state index contributed by atoms with van der Waals surface area (Å²) in [5.74, 6) is 0.237. The van der Waals surface area contributed by atoms with E-state index in [4.69, 9.17) is 0 Å². The highest BCUT2D eigenvalue weighted by atomic mass is 16.6. The molecular formula is C13H19NO3. The molecule has 94 valence electrons. The molecule has 0 bridgehead atoms. The highest BCUT2D eigenvalue weighted by Gasteiger charge is 2.13. The van der Waals surface area contributed by atoms with Crippen LogP contribution in [0.15, 0.2) is 24.3 Å². The van der Waals surface area contributed by atoms with Crippen molar-refractivity contribution in [1.29, 1.82) is 0 Å². The maximum absolute atomic E-state index is 10.8. The Balaban J connectivity index is 2.55. The SMILES string of the molecule is CC(C)C(O)CCCc1ccccc1[N+](=O)[O-]. The summed E-state index contributed by atoms with van der Waals surface area (Å²) in [7, 11) is 0. The monoisotopic (exact) mass is 237 g/mol. The lowest BCUT2D eigenvalue weighted by atomic mass is 9.99. The molecule has 1 atom stereocenters. The van der Waals surface area contributed by atoms with Crippen LogP contribution in [0.4, 0.5) is 5.69 Å². The van der Waals surface area contributed by atoms with Crippen LogP contribution in [0, 0.1) is 16.0 Å². The highest BCUT2D eigenvalue weighted by Crippen LogP contribution is 2.20. The zero-order valence-corrected chi connectivity index (χ0v) is 10.3. The molecule has 1 unspecified atom stereocenters. The average Bonchev–Trinajstić information content (AvgIpc) is 2.29. The average molecular weight is 237 g/mol.